The molecule has 0 radical (unpaired) electrons. The van der Waals surface area contributed by atoms with E-state index in [1.807, 2.05) is 39.0 Å². The number of amides is 3. The van der Waals surface area contributed by atoms with Crippen LogP contribution < -0.4 is 10.6 Å². The van der Waals surface area contributed by atoms with Crippen molar-refractivity contribution in [3.05, 3.63) is 59.4 Å². The number of carbonyl (C=O) groups is 2. The Balaban J connectivity index is 1.71. The van der Waals surface area contributed by atoms with Crippen LogP contribution in [0.1, 0.15) is 42.4 Å². The SMILES string of the molecule is CC(C)(C)NC(=O)N1CCc2ccc(NC(=O)c3ccccn3)cc2C1. The fourth-order valence-electron chi connectivity index (χ4n) is 2.90. The lowest BCUT2D eigenvalue weighted by molar-refractivity contribution is 0.102. The highest BCUT2D eigenvalue weighted by Crippen LogP contribution is 2.23. The lowest BCUT2D eigenvalue weighted by Crippen LogP contribution is -2.49. The smallest absolute Gasteiger partial charge is 0.318 e. The maximum Gasteiger partial charge on any atom is 0.318 e. The number of rotatable bonds is 2. The first-order valence-electron chi connectivity index (χ1n) is 8.73. The number of benzene rings is 1. The molecule has 1 aromatic carbocycles. The highest BCUT2D eigenvalue weighted by Gasteiger charge is 2.24. The van der Waals surface area contributed by atoms with Crippen LogP contribution in [0.4, 0.5) is 10.5 Å². The van der Waals surface area contributed by atoms with Crippen LogP contribution in [0.15, 0.2) is 42.6 Å². The standard InChI is InChI=1S/C20H24N4O2/c1-20(2,3)23-19(26)24-11-9-14-7-8-16(12-15(14)13-24)22-18(25)17-6-4-5-10-21-17/h4-8,10,12H,9,11,13H2,1-3H3,(H,22,25)(H,23,26). The molecule has 6 heteroatoms. The fourth-order valence-corrected chi connectivity index (χ4v) is 2.90. The van der Waals surface area contributed by atoms with E-state index in [1.165, 1.54) is 5.56 Å². The van der Waals surface area contributed by atoms with Gasteiger partial charge in [0.2, 0.25) is 0 Å². The van der Waals surface area contributed by atoms with Crippen molar-refractivity contribution in [1.29, 1.82) is 0 Å². The minimum atomic E-state index is -0.268. The summed E-state index contributed by atoms with van der Waals surface area (Å²) in [5.41, 5.74) is 3.07. The lowest BCUT2D eigenvalue weighted by Gasteiger charge is -2.32. The predicted molar refractivity (Wildman–Crippen MR) is 101 cm³/mol. The average molecular weight is 352 g/mol. The molecule has 6 nitrogen and oxygen atoms in total. The van der Waals surface area contributed by atoms with Crippen LogP contribution in [-0.4, -0.2) is 33.9 Å². The second-order valence-corrected chi connectivity index (χ2v) is 7.50. The second kappa shape index (κ2) is 7.15. The molecule has 26 heavy (non-hydrogen) atoms. The van der Waals surface area contributed by atoms with Crippen molar-refractivity contribution in [2.45, 2.75) is 39.3 Å². The summed E-state index contributed by atoms with van der Waals surface area (Å²) in [6.45, 7) is 7.12. The summed E-state index contributed by atoms with van der Waals surface area (Å²) in [5.74, 6) is -0.247. The van der Waals surface area contributed by atoms with Gasteiger partial charge in [-0.15, -0.1) is 0 Å². The molecule has 3 amide bonds. The first-order valence-corrected chi connectivity index (χ1v) is 8.73. The van der Waals surface area contributed by atoms with Crippen LogP contribution in [0, 0.1) is 0 Å². The van der Waals surface area contributed by atoms with E-state index in [-0.39, 0.29) is 17.5 Å². The zero-order valence-electron chi connectivity index (χ0n) is 15.4. The van der Waals surface area contributed by atoms with E-state index in [0.29, 0.717) is 24.5 Å². The number of nitrogens with zero attached hydrogens (tertiary/aromatic N) is 2. The lowest BCUT2D eigenvalue weighted by atomic mass is 9.99. The molecule has 0 aliphatic carbocycles. The summed E-state index contributed by atoms with van der Waals surface area (Å²) >= 11 is 0. The van der Waals surface area contributed by atoms with Crippen molar-refractivity contribution in [2.24, 2.45) is 0 Å². The number of carbonyl (C=O) groups excluding carboxylic acids is 2. The van der Waals surface area contributed by atoms with Crippen molar-refractivity contribution in [2.75, 3.05) is 11.9 Å². The fraction of sp³-hybridized carbons (Fsp3) is 0.350. The minimum absolute atomic E-state index is 0.0638. The van der Waals surface area contributed by atoms with Gasteiger partial charge in [0.05, 0.1) is 0 Å². The molecule has 136 valence electrons. The van der Waals surface area contributed by atoms with Crippen molar-refractivity contribution < 1.29 is 9.59 Å². The number of hydrogen-bond acceptors (Lipinski definition) is 3. The Bertz CT molecular complexity index is 812. The summed E-state index contributed by atoms with van der Waals surface area (Å²) < 4.78 is 0. The van der Waals surface area contributed by atoms with Crippen molar-refractivity contribution in [3.8, 4) is 0 Å². The molecule has 1 aliphatic rings. The monoisotopic (exact) mass is 352 g/mol. The molecule has 0 spiro atoms. The normalized spacial score (nSPS) is 13.7. The molecule has 2 aromatic rings. The Labute approximate surface area is 153 Å². The van der Waals surface area contributed by atoms with E-state index in [0.717, 1.165) is 12.0 Å². The number of fused-ring (bicyclic) bond motifs is 1. The van der Waals surface area contributed by atoms with Crippen LogP contribution in [0.3, 0.4) is 0 Å². The predicted octanol–water partition coefficient (Wildman–Crippen LogP) is 3.20. The van der Waals surface area contributed by atoms with Gasteiger partial charge in [-0.25, -0.2) is 4.79 Å². The summed E-state index contributed by atoms with van der Waals surface area (Å²) in [7, 11) is 0. The molecule has 2 N–H and O–H groups in total. The van der Waals surface area contributed by atoms with Gasteiger partial charge in [0.1, 0.15) is 5.69 Å². The molecule has 3 rings (SSSR count). The minimum Gasteiger partial charge on any atom is -0.333 e. The van der Waals surface area contributed by atoms with Crippen molar-refractivity contribution in [3.63, 3.8) is 0 Å². The maximum absolute atomic E-state index is 12.4. The number of aromatic nitrogens is 1. The molecular formula is C20H24N4O2. The van der Waals surface area contributed by atoms with Gasteiger partial charge in [-0.05, 0) is 62.6 Å². The van der Waals surface area contributed by atoms with Gasteiger partial charge in [-0.3, -0.25) is 9.78 Å². The molecule has 2 heterocycles. The molecule has 0 saturated carbocycles. The first kappa shape index (κ1) is 17.9. The Morgan fingerprint density at radius 2 is 1.92 bits per heavy atom. The van der Waals surface area contributed by atoms with Crippen LogP contribution in [0.5, 0.6) is 0 Å². The zero-order chi connectivity index (χ0) is 18.7. The van der Waals surface area contributed by atoms with Crippen LogP contribution in [0.25, 0.3) is 0 Å². The number of urea groups is 1. The van der Waals surface area contributed by atoms with Crippen molar-refractivity contribution >= 4 is 17.6 Å². The van der Waals surface area contributed by atoms with Gasteiger partial charge >= 0.3 is 6.03 Å². The Morgan fingerprint density at radius 1 is 1.12 bits per heavy atom. The third-order valence-electron chi connectivity index (χ3n) is 4.14. The number of nitrogens with one attached hydrogen (secondary N) is 2. The quantitative estimate of drug-likeness (QED) is 0.872. The molecule has 0 atom stereocenters. The highest BCUT2D eigenvalue weighted by molar-refractivity contribution is 6.02. The van der Waals surface area contributed by atoms with E-state index in [2.05, 4.69) is 15.6 Å². The molecule has 0 unspecified atom stereocenters. The van der Waals surface area contributed by atoms with E-state index in [9.17, 15) is 9.59 Å². The third-order valence-corrected chi connectivity index (χ3v) is 4.14. The van der Waals surface area contributed by atoms with E-state index < -0.39 is 0 Å². The van der Waals surface area contributed by atoms with E-state index in [4.69, 9.17) is 0 Å². The number of hydrogen-bond donors (Lipinski definition) is 2. The summed E-state index contributed by atoms with van der Waals surface area (Å²) in [6, 6.07) is 11.0. The Hall–Kier alpha value is -2.89. The van der Waals surface area contributed by atoms with Crippen LogP contribution in [0.2, 0.25) is 0 Å². The van der Waals surface area contributed by atoms with Gasteiger partial charge in [0, 0.05) is 30.5 Å². The molecule has 1 aliphatic heterocycles. The summed E-state index contributed by atoms with van der Waals surface area (Å²) in [5, 5.41) is 5.87. The van der Waals surface area contributed by atoms with Crippen LogP contribution >= 0.6 is 0 Å². The van der Waals surface area contributed by atoms with Crippen LogP contribution in [-0.2, 0) is 13.0 Å². The third kappa shape index (κ3) is 4.39. The first-order chi connectivity index (χ1) is 12.3. The molecule has 0 saturated heterocycles. The molecule has 1 aromatic heterocycles. The molecular weight excluding hydrogens is 328 g/mol. The van der Waals surface area contributed by atoms with Gasteiger partial charge in [0.15, 0.2) is 0 Å². The van der Waals surface area contributed by atoms with Gasteiger partial charge in [-0.2, -0.15) is 0 Å². The van der Waals surface area contributed by atoms with E-state index in [1.54, 1.807) is 29.3 Å². The largest absolute Gasteiger partial charge is 0.333 e. The number of anilines is 1. The van der Waals surface area contributed by atoms with Gasteiger partial charge in [0.25, 0.3) is 5.91 Å². The topological polar surface area (TPSA) is 74.3 Å². The Morgan fingerprint density at radius 3 is 2.62 bits per heavy atom. The van der Waals surface area contributed by atoms with Gasteiger partial charge in [-0.1, -0.05) is 12.1 Å². The van der Waals surface area contributed by atoms with Gasteiger partial charge < -0.3 is 15.5 Å². The van der Waals surface area contributed by atoms with E-state index >= 15 is 0 Å². The summed E-state index contributed by atoms with van der Waals surface area (Å²) in [4.78, 5) is 30.5. The molecule has 0 fully saturated rings. The number of pyridine rings is 1. The second-order valence-electron chi connectivity index (χ2n) is 7.50. The molecule has 0 bridgehead atoms. The maximum atomic E-state index is 12.4. The highest BCUT2D eigenvalue weighted by atomic mass is 16.2. The zero-order valence-corrected chi connectivity index (χ0v) is 15.4. The summed E-state index contributed by atoms with van der Waals surface area (Å²) in [6.07, 6.45) is 2.40. The Kier molecular flexibility index (Phi) is 4.93. The van der Waals surface area contributed by atoms with Crippen molar-refractivity contribution in [1.82, 2.24) is 15.2 Å². The average Bonchev–Trinajstić information content (AvgIpc) is 2.60.